The molecular weight excluding hydrogens is 426 g/mol. The molecule has 174 valence electrons. The van der Waals surface area contributed by atoms with Crippen molar-refractivity contribution in [2.45, 2.75) is 34.6 Å². The fourth-order valence-electron chi connectivity index (χ4n) is 3.99. The first-order valence-corrected chi connectivity index (χ1v) is 11.1. The number of aryl methyl sites for hydroxylation is 5. The summed E-state index contributed by atoms with van der Waals surface area (Å²) in [6.45, 7) is 9.47. The van der Waals surface area contributed by atoms with E-state index in [2.05, 4.69) is 4.90 Å². The average molecular weight is 456 g/mol. The maximum Gasteiger partial charge on any atom is 0.169 e. The van der Waals surface area contributed by atoms with Gasteiger partial charge in [0.1, 0.15) is 17.2 Å². The Morgan fingerprint density at radius 1 is 0.588 bits per heavy atom. The fraction of sp³-hybridized carbons (Fsp3) is 0.172. The van der Waals surface area contributed by atoms with Crippen molar-refractivity contribution < 1.29 is 20.1 Å². The van der Waals surface area contributed by atoms with E-state index in [4.69, 9.17) is 4.74 Å². The lowest BCUT2D eigenvalue weighted by Gasteiger charge is -2.29. The first-order valence-electron chi connectivity index (χ1n) is 11.1. The normalized spacial score (nSPS) is 10.9. The van der Waals surface area contributed by atoms with E-state index in [0.717, 1.165) is 44.9 Å². The van der Waals surface area contributed by atoms with Gasteiger partial charge in [-0.05, 0) is 105 Å². The van der Waals surface area contributed by atoms with Gasteiger partial charge in [-0.25, -0.2) is 0 Å². The van der Waals surface area contributed by atoms with Crippen LogP contribution in [0.1, 0.15) is 27.8 Å². The van der Waals surface area contributed by atoms with Gasteiger partial charge in [-0.2, -0.15) is 0 Å². The van der Waals surface area contributed by atoms with Gasteiger partial charge >= 0.3 is 0 Å². The SMILES string of the molecule is Cc1cc(N(c2cccc(Oc3cccc(C)c3O)c2)c2cc(C)c(O)cc2C)c(C)cc1O. The highest BCUT2D eigenvalue weighted by molar-refractivity contribution is 5.82. The summed E-state index contributed by atoms with van der Waals surface area (Å²) in [5.41, 5.74) is 6.70. The van der Waals surface area contributed by atoms with Crippen molar-refractivity contribution in [2.75, 3.05) is 4.90 Å². The number of phenolic OH excluding ortho intramolecular Hbond substituents is 3. The number of hydrogen-bond acceptors (Lipinski definition) is 5. The summed E-state index contributed by atoms with van der Waals surface area (Å²) in [6.07, 6.45) is 0. The lowest BCUT2D eigenvalue weighted by Crippen LogP contribution is -2.13. The van der Waals surface area contributed by atoms with Crippen LogP contribution in [0.15, 0.2) is 66.7 Å². The van der Waals surface area contributed by atoms with Crippen LogP contribution in [-0.4, -0.2) is 15.3 Å². The molecule has 3 N–H and O–H groups in total. The molecule has 34 heavy (non-hydrogen) atoms. The summed E-state index contributed by atoms with van der Waals surface area (Å²) in [4.78, 5) is 2.09. The quantitative estimate of drug-likeness (QED) is 0.289. The topological polar surface area (TPSA) is 73.2 Å². The van der Waals surface area contributed by atoms with E-state index >= 15 is 0 Å². The predicted molar refractivity (Wildman–Crippen MR) is 136 cm³/mol. The number of rotatable bonds is 5. The van der Waals surface area contributed by atoms with E-state index in [1.54, 1.807) is 18.2 Å². The van der Waals surface area contributed by atoms with Gasteiger partial charge in [-0.1, -0.05) is 18.2 Å². The van der Waals surface area contributed by atoms with E-state index in [9.17, 15) is 15.3 Å². The third-order valence-corrected chi connectivity index (χ3v) is 6.02. The molecule has 4 aromatic rings. The molecule has 0 saturated carbocycles. The van der Waals surface area contributed by atoms with Gasteiger partial charge in [0.25, 0.3) is 0 Å². The van der Waals surface area contributed by atoms with Crippen LogP contribution in [0.25, 0.3) is 0 Å². The molecule has 4 rings (SSSR count). The van der Waals surface area contributed by atoms with Crippen LogP contribution in [-0.2, 0) is 0 Å². The molecule has 0 spiro atoms. The standard InChI is InChI=1S/C29H29NO4/c1-17-8-6-11-28(29(17)33)34-23-10-7-9-22(16-23)30(24-12-20(4)26(31)14-18(24)2)25-13-21(5)27(32)15-19(25)3/h6-16,31-33H,1-5H3. The zero-order valence-corrected chi connectivity index (χ0v) is 20.0. The van der Waals surface area contributed by atoms with Gasteiger partial charge in [0, 0.05) is 23.1 Å². The Kier molecular flexibility index (Phi) is 6.12. The minimum Gasteiger partial charge on any atom is -0.508 e. The number of benzene rings is 4. The van der Waals surface area contributed by atoms with E-state index in [1.165, 1.54) is 0 Å². The van der Waals surface area contributed by atoms with Crippen molar-refractivity contribution in [3.05, 3.63) is 94.5 Å². The van der Waals surface area contributed by atoms with Gasteiger partial charge < -0.3 is 25.0 Å². The van der Waals surface area contributed by atoms with Crippen molar-refractivity contribution in [1.29, 1.82) is 0 Å². The van der Waals surface area contributed by atoms with Crippen molar-refractivity contribution in [3.63, 3.8) is 0 Å². The van der Waals surface area contributed by atoms with Crippen molar-refractivity contribution in [3.8, 4) is 28.7 Å². The van der Waals surface area contributed by atoms with Crippen LogP contribution >= 0.6 is 0 Å². The maximum atomic E-state index is 10.4. The molecule has 0 unspecified atom stereocenters. The van der Waals surface area contributed by atoms with Gasteiger partial charge in [-0.3, -0.25) is 0 Å². The molecule has 0 aromatic heterocycles. The molecule has 0 fully saturated rings. The van der Waals surface area contributed by atoms with Crippen molar-refractivity contribution in [2.24, 2.45) is 0 Å². The van der Waals surface area contributed by atoms with Gasteiger partial charge in [0.05, 0.1) is 0 Å². The third-order valence-electron chi connectivity index (χ3n) is 6.02. The summed E-state index contributed by atoms with van der Waals surface area (Å²) in [5, 5.41) is 30.9. The molecule has 0 saturated heterocycles. The molecular formula is C29H29NO4. The van der Waals surface area contributed by atoms with Crippen LogP contribution < -0.4 is 9.64 Å². The Morgan fingerprint density at radius 3 is 1.74 bits per heavy atom. The lowest BCUT2D eigenvalue weighted by molar-refractivity contribution is 0.408. The molecule has 5 heteroatoms. The molecule has 0 aliphatic carbocycles. The largest absolute Gasteiger partial charge is 0.508 e. The molecule has 0 aliphatic rings. The van der Waals surface area contributed by atoms with E-state index in [1.807, 2.05) is 83.1 Å². The van der Waals surface area contributed by atoms with Gasteiger partial charge in [0.15, 0.2) is 11.5 Å². The van der Waals surface area contributed by atoms with Gasteiger partial charge in [0.2, 0.25) is 0 Å². The first-order chi connectivity index (χ1) is 16.2. The van der Waals surface area contributed by atoms with Crippen molar-refractivity contribution in [1.82, 2.24) is 0 Å². The van der Waals surface area contributed by atoms with E-state index in [-0.39, 0.29) is 17.2 Å². The average Bonchev–Trinajstić information content (AvgIpc) is 2.79. The second kappa shape index (κ2) is 9.02. The number of ether oxygens (including phenoxy) is 1. The molecule has 0 amide bonds. The number of hydrogen-bond donors (Lipinski definition) is 3. The van der Waals surface area contributed by atoms with Crippen LogP contribution in [0.2, 0.25) is 0 Å². The molecule has 5 nitrogen and oxygen atoms in total. The Bertz CT molecular complexity index is 1320. The zero-order valence-electron chi connectivity index (χ0n) is 20.0. The number of anilines is 3. The summed E-state index contributed by atoms with van der Waals surface area (Å²) in [5.74, 6) is 1.56. The Morgan fingerprint density at radius 2 is 1.15 bits per heavy atom. The summed E-state index contributed by atoms with van der Waals surface area (Å²) < 4.78 is 6.04. The number of para-hydroxylation sites is 1. The highest BCUT2D eigenvalue weighted by Gasteiger charge is 2.20. The molecule has 0 aliphatic heterocycles. The Hall–Kier alpha value is -4.12. The molecule has 4 aromatic carbocycles. The van der Waals surface area contributed by atoms with Crippen LogP contribution in [0, 0.1) is 34.6 Å². The second-order valence-corrected chi connectivity index (χ2v) is 8.71. The fourth-order valence-corrected chi connectivity index (χ4v) is 3.99. The molecule has 0 radical (unpaired) electrons. The van der Waals surface area contributed by atoms with E-state index < -0.39 is 0 Å². The van der Waals surface area contributed by atoms with Crippen LogP contribution in [0.3, 0.4) is 0 Å². The van der Waals surface area contributed by atoms with Crippen molar-refractivity contribution >= 4 is 17.1 Å². The minimum atomic E-state index is 0.111. The lowest BCUT2D eigenvalue weighted by atomic mass is 10.0. The first kappa shape index (κ1) is 23.1. The molecule has 0 atom stereocenters. The van der Waals surface area contributed by atoms with Gasteiger partial charge in [-0.15, -0.1) is 0 Å². The Balaban J connectivity index is 1.88. The van der Waals surface area contributed by atoms with E-state index in [0.29, 0.717) is 11.5 Å². The minimum absolute atomic E-state index is 0.111. The second-order valence-electron chi connectivity index (χ2n) is 8.71. The highest BCUT2D eigenvalue weighted by Crippen LogP contribution is 2.43. The summed E-state index contributed by atoms with van der Waals surface area (Å²) >= 11 is 0. The van der Waals surface area contributed by atoms with Crippen LogP contribution in [0.5, 0.6) is 28.7 Å². The maximum absolute atomic E-state index is 10.4. The smallest absolute Gasteiger partial charge is 0.169 e. The predicted octanol–water partition coefficient (Wildman–Crippen LogP) is 7.61. The Labute approximate surface area is 200 Å². The molecule has 0 heterocycles. The highest BCUT2D eigenvalue weighted by atomic mass is 16.5. The summed E-state index contributed by atoms with van der Waals surface area (Å²) in [7, 11) is 0. The number of aromatic hydroxyl groups is 3. The zero-order chi connectivity index (χ0) is 24.6. The number of phenols is 3. The third kappa shape index (κ3) is 4.37. The summed E-state index contributed by atoms with van der Waals surface area (Å²) in [6, 6.07) is 20.4. The number of nitrogens with zero attached hydrogens (tertiary/aromatic N) is 1. The molecule has 0 bridgehead atoms. The van der Waals surface area contributed by atoms with Crippen LogP contribution in [0.4, 0.5) is 17.1 Å². The monoisotopic (exact) mass is 455 g/mol.